The third kappa shape index (κ3) is 14.2. The van der Waals surface area contributed by atoms with Crippen molar-refractivity contribution in [3.8, 4) is 12.1 Å². The zero-order valence-corrected chi connectivity index (χ0v) is 41.8. The predicted octanol–water partition coefficient (Wildman–Crippen LogP) is 6.85. The summed E-state index contributed by atoms with van der Waals surface area (Å²) in [5.41, 5.74) is 4.04. The number of hydrogen-bond acceptors (Lipinski definition) is 15. The average molecular weight is 969 g/mol. The van der Waals surface area contributed by atoms with E-state index in [9.17, 15) is 24.9 Å². The zero-order valence-electron chi connectivity index (χ0n) is 41.8. The molecule has 6 heterocycles. The number of hydrogen-bond donors (Lipinski definition) is 1. The van der Waals surface area contributed by atoms with Gasteiger partial charge >= 0.3 is 18.3 Å². The van der Waals surface area contributed by atoms with Crippen molar-refractivity contribution in [2.45, 2.75) is 78.4 Å². The molecule has 0 bridgehead atoms. The molecule has 4 aromatic rings. The molecule has 4 aliphatic heterocycles. The fraction of sp³-hybridized carbons (Fsp3) is 0.491. The van der Waals surface area contributed by atoms with Crippen LogP contribution < -0.4 is 24.9 Å². The first-order chi connectivity index (χ1) is 34.3. The number of benzene rings is 2. The van der Waals surface area contributed by atoms with Crippen molar-refractivity contribution in [3.05, 3.63) is 107 Å². The van der Waals surface area contributed by atoms with Crippen LogP contribution in [0.3, 0.4) is 0 Å². The third-order valence-electron chi connectivity index (χ3n) is 13.1. The highest BCUT2D eigenvalue weighted by molar-refractivity contribution is 5.70. The Morgan fingerprint density at radius 3 is 1.49 bits per heavy atom. The van der Waals surface area contributed by atoms with E-state index in [2.05, 4.69) is 66.9 Å². The van der Waals surface area contributed by atoms with Crippen molar-refractivity contribution < 1.29 is 28.6 Å². The van der Waals surface area contributed by atoms with Gasteiger partial charge in [-0.05, 0) is 56.9 Å². The van der Waals surface area contributed by atoms with E-state index in [-0.39, 0.29) is 37.5 Å². The van der Waals surface area contributed by atoms with Gasteiger partial charge in [-0.2, -0.15) is 10.5 Å². The van der Waals surface area contributed by atoms with Crippen molar-refractivity contribution >= 4 is 41.3 Å². The van der Waals surface area contributed by atoms with E-state index in [1.807, 2.05) is 93.6 Å². The van der Waals surface area contributed by atoms with Crippen LogP contribution >= 0.6 is 0 Å². The topological polar surface area (TPSA) is 187 Å². The van der Waals surface area contributed by atoms with Crippen LogP contribution in [0.2, 0.25) is 0 Å². The standard InChI is InChI=1S/C29H38N6O4.C24H30N6O2/c1-5-24-20-34(28(37)39-29(2,3)4)15-16-35(24)26-18-25(17-23(19-30)31-26)32-11-13-33(14-12-32)27(36)38-21-22-9-7-6-8-10-22;1-2-21-17-26-8-9-30(21)23-15-22(14-20(16-25)27-23)28-10-12-29(13-11-28)24(31)32-18-19-6-4-3-5-7-19/h6-10,17-18,24H,5,11-16,20-21H2,1-4H3;3-7,14-15,21,26H,2,8-13,17-18H2,1H3/t24-;21-/m00/s1. The molecule has 0 saturated carbocycles. The summed E-state index contributed by atoms with van der Waals surface area (Å²) in [5.74, 6) is 1.58. The van der Waals surface area contributed by atoms with Crippen molar-refractivity contribution in [1.29, 1.82) is 10.5 Å². The van der Waals surface area contributed by atoms with Crippen LogP contribution in [0, 0.1) is 22.7 Å². The van der Waals surface area contributed by atoms with E-state index in [0.29, 0.717) is 89.4 Å². The minimum absolute atomic E-state index is 0.0526. The maximum Gasteiger partial charge on any atom is 0.410 e. The Balaban J connectivity index is 0.000000213. The highest BCUT2D eigenvalue weighted by Gasteiger charge is 2.33. The molecule has 2 aromatic heterocycles. The Bertz CT molecular complexity index is 2480. The second kappa shape index (κ2) is 24.5. The number of nitrogens with zero attached hydrogens (tertiary/aromatic N) is 11. The molecule has 18 heteroatoms. The third-order valence-corrected chi connectivity index (χ3v) is 13.1. The number of carbonyl (C=O) groups excluding carboxylic acids is 3. The molecule has 376 valence electrons. The lowest BCUT2D eigenvalue weighted by Crippen LogP contribution is -2.55. The molecule has 1 N–H and O–H groups in total. The van der Waals surface area contributed by atoms with Crippen LogP contribution in [0.15, 0.2) is 84.9 Å². The van der Waals surface area contributed by atoms with E-state index in [1.54, 1.807) is 20.8 Å². The van der Waals surface area contributed by atoms with Crippen molar-refractivity contribution in [3.63, 3.8) is 0 Å². The molecular weight excluding hydrogens is 901 g/mol. The Labute approximate surface area is 418 Å². The summed E-state index contributed by atoms with van der Waals surface area (Å²) in [6.07, 6.45) is 0.926. The highest BCUT2D eigenvalue weighted by atomic mass is 16.6. The molecule has 8 rings (SSSR count). The van der Waals surface area contributed by atoms with E-state index in [1.165, 1.54) is 0 Å². The van der Waals surface area contributed by atoms with E-state index in [4.69, 9.17) is 14.2 Å². The van der Waals surface area contributed by atoms with Crippen molar-refractivity contribution in [2.24, 2.45) is 0 Å². The average Bonchev–Trinajstić information content (AvgIpc) is 3.41. The lowest BCUT2D eigenvalue weighted by molar-refractivity contribution is 0.0213. The SMILES string of the molecule is CC[C@H]1CN(C(=O)OC(C)(C)C)CCN1c1cc(N2CCN(C(=O)OCc3ccccc3)CC2)cc(C#N)n1.CC[C@H]1CNCCN1c1cc(N2CCN(C(=O)OCc3ccccc3)CC2)cc(C#N)n1. The van der Waals surface area contributed by atoms with Gasteiger partial charge in [0.25, 0.3) is 0 Å². The van der Waals surface area contributed by atoms with Gasteiger partial charge in [0.1, 0.15) is 54.0 Å². The highest BCUT2D eigenvalue weighted by Crippen LogP contribution is 2.29. The molecule has 3 amide bonds. The number of rotatable bonds is 10. The first-order valence-corrected chi connectivity index (χ1v) is 24.8. The number of nitriles is 2. The van der Waals surface area contributed by atoms with Gasteiger partial charge in [0, 0.05) is 127 Å². The Hall–Kier alpha value is -7.31. The van der Waals surface area contributed by atoms with E-state index < -0.39 is 5.60 Å². The van der Waals surface area contributed by atoms with Gasteiger partial charge in [0.2, 0.25) is 0 Å². The molecule has 2 atom stereocenters. The minimum atomic E-state index is -0.545. The molecule has 0 radical (unpaired) electrons. The molecule has 4 fully saturated rings. The van der Waals surface area contributed by atoms with Gasteiger partial charge in [0.05, 0.1) is 0 Å². The fourth-order valence-electron chi connectivity index (χ4n) is 9.12. The lowest BCUT2D eigenvalue weighted by atomic mass is 10.1. The largest absolute Gasteiger partial charge is 0.445 e. The molecule has 71 heavy (non-hydrogen) atoms. The Kier molecular flexibility index (Phi) is 17.8. The van der Waals surface area contributed by atoms with Crippen LogP contribution in [0.1, 0.15) is 70.0 Å². The summed E-state index contributed by atoms with van der Waals surface area (Å²) >= 11 is 0. The number of amides is 3. The van der Waals surface area contributed by atoms with Crippen LogP contribution in [0.25, 0.3) is 0 Å². The summed E-state index contributed by atoms with van der Waals surface area (Å²) < 4.78 is 16.5. The number of nitrogens with one attached hydrogen (secondary N) is 1. The number of aromatic nitrogens is 2. The van der Waals surface area contributed by atoms with Crippen LogP contribution in [0.4, 0.5) is 37.4 Å². The maximum absolute atomic E-state index is 12.7. The Morgan fingerprint density at radius 2 is 1.06 bits per heavy atom. The lowest BCUT2D eigenvalue weighted by Gasteiger charge is -2.42. The Morgan fingerprint density at radius 1 is 0.606 bits per heavy atom. The van der Waals surface area contributed by atoms with Crippen LogP contribution in [-0.2, 0) is 27.4 Å². The fourth-order valence-corrected chi connectivity index (χ4v) is 9.12. The monoisotopic (exact) mass is 969 g/mol. The summed E-state index contributed by atoms with van der Waals surface area (Å²) in [6.45, 7) is 19.6. The molecule has 4 saturated heterocycles. The second-order valence-electron chi connectivity index (χ2n) is 19.0. The van der Waals surface area contributed by atoms with Crippen molar-refractivity contribution in [1.82, 2.24) is 30.0 Å². The minimum Gasteiger partial charge on any atom is -0.445 e. The maximum atomic E-state index is 12.7. The van der Waals surface area contributed by atoms with Gasteiger partial charge in [-0.15, -0.1) is 0 Å². The first-order valence-electron chi connectivity index (χ1n) is 24.8. The first kappa shape index (κ1) is 51.5. The smallest absolute Gasteiger partial charge is 0.410 e. The predicted molar refractivity (Wildman–Crippen MR) is 272 cm³/mol. The van der Waals surface area contributed by atoms with Crippen LogP contribution in [0.5, 0.6) is 0 Å². The summed E-state index contributed by atoms with van der Waals surface area (Å²) in [4.78, 5) is 61.0. The van der Waals surface area contributed by atoms with Gasteiger partial charge < -0.3 is 53.8 Å². The molecular formula is C53H68N12O6. The number of piperazine rings is 4. The van der Waals surface area contributed by atoms with Crippen molar-refractivity contribution in [2.75, 3.05) is 111 Å². The molecule has 0 unspecified atom stereocenters. The normalized spacial score (nSPS) is 18.4. The number of pyridine rings is 2. The second-order valence-corrected chi connectivity index (χ2v) is 19.0. The van der Waals surface area contributed by atoms with E-state index in [0.717, 1.165) is 66.6 Å². The number of ether oxygens (including phenoxy) is 3. The van der Waals surface area contributed by atoms with Gasteiger partial charge in [-0.1, -0.05) is 74.5 Å². The molecule has 18 nitrogen and oxygen atoms in total. The molecule has 4 aliphatic rings. The molecule has 0 spiro atoms. The quantitative estimate of drug-likeness (QED) is 0.163. The molecule has 0 aliphatic carbocycles. The van der Waals surface area contributed by atoms with Crippen LogP contribution in [-0.4, -0.2) is 152 Å². The summed E-state index contributed by atoms with van der Waals surface area (Å²) in [7, 11) is 0. The zero-order chi connectivity index (χ0) is 50.3. The van der Waals surface area contributed by atoms with Gasteiger partial charge in [-0.3, -0.25) is 0 Å². The molecule has 2 aromatic carbocycles. The summed E-state index contributed by atoms with van der Waals surface area (Å²) in [5, 5.41) is 22.7. The number of anilines is 4. The summed E-state index contributed by atoms with van der Waals surface area (Å²) in [6, 6.07) is 31.9. The number of carbonyl (C=O) groups is 3. The van der Waals surface area contributed by atoms with Gasteiger partial charge in [0.15, 0.2) is 0 Å². The van der Waals surface area contributed by atoms with Gasteiger partial charge in [-0.25, -0.2) is 24.4 Å². The van der Waals surface area contributed by atoms with E-state index >= 15 is 0 Å².